The summed E-state index contributed by atoms with van der Waals surface area (Å²) in [5.74, 6) is 0.878. The molecule has 1 aliphatic carbocycles. The molecule has 27 heavy (non-hydrogen) atoms. The molecule has 0 aromatic heterocycles. The second-order valence-electron chi connectivity index (χ2n) is 7.62. The third-order valence-corrected chi connectivity index (χ3v) is 5.85. The molecule has 0 radical (unpaired) electrons. The van der Waals surface area contributed by atoms with Gasteiger partial charge in [0.05, 0.1) is 7.11 Å². The Morgan fingerprint density at radius 3 is 2.26 bits per heavy atom. The highest BCUT2D eigenvalue weighted by Crippen LogP contribution is 2.28. The predicted molar refractivity (Wildman–Crippen MR) is 108 cm³/mol. The highest BCUT2D eigenvalue weighted by atomic mass is 35.5. The Bertz CT molecular complexity index is 606. The minimum Gasteiger partial charge on any atom is -0.469 e. The Morgan fingerprint density at radius 1 is 1.04 bits per heavy atom. The van der Waals surface area contributed by atoms with Gasteiger partial charge in [0.25, 0.3) is 5.91 Å². The van der Waals surface area contributed by atoms with E-state index in [2.05, 4.69) is 22.8 Å². The summed E-state index contributed by atoms with van der Waals surface area (Å²) in [4.78, 5) is 23.9. The average Bonchev–Trinajstić information content (AvgIpc) is 2.70. The maximum atomic E-state index is 12.5. The Labute approximate surface area is 168 Å². The third kappa shape index (κ3) is 6.22. The smallest absolute Gasteiger partial charge is 0.305 e. The number of carbonyl (C=O) groups is 2. The third-order valence-electron chi connectivity index (χ3n) is 5.85. The first-order valence-electron chi connectivity index (χ1n) is 9.84. The number of halogens is 1. The van der Waals surface area contributed by atoms with Crippen molar-refractivity contribution >= 4 is 24.3 Å². The van der Waals surface area contributed by atoms with Gasteiger partial charge in [0, 0.05) is 18.0 Å². The van der Waals surface area contributed by atoms with E-state index in [9.17, 15) is 9.59 Å². The van der Waals surface area contributed by atoms with Gasteiger partial charge in [0.2, 0.25) is 0 Å². The van der Waals surface area contributed by atoms with Crippen molar-refractivity contribution in [1.29, 1.82) is 0 Å². The minimum atomic E-state index is -0.133. The molecule has 0 bridgehead atoms. The van der Waals surface area contributed by atoms with E-state index >= 15 is 0 Å². The van der Waals surface area contributed by atoms with Gasteiger partial charge < -0.3 is 15.4 Å². The summed E-state index contributed by atoms with van der Waals surface area (Å²) >= 11 is 0. The van der Waals surface area contributed by atoms with E-state index in [4.69, 9.17) is 4.74 Å². The van der Waals surface area contributed by atoms with Crippen LogP contribution in [0.4, 0.5) is 0 Å². The summed E-state index contributed by atoms with van der Waals surface area (Å²) in [6.45, 7) is 2.15. The molecule has 2 N–H and O–H groups in total. The van der Waals surface area contributed by atoms with E-state index in [0.717, 1.165) is 44.3 Å². The molecule has 0 spiro atoms. The molecule has 1 heterocycles. The van der Waals surface area contributed by atoms with Crippen LogP contribution in [0.2, 0.25) is 0 Å². The van der Waals surface area contributed by atoms with Crippen molar-refractivity contribution in [1.82, 2.24) is 10.6 Å². The van der Waals surface area contributed by atoms with E-state index in [1.165, 1.54) is 25.5 Å². The lowest BCUT2D eigenvalue weighted by Gasteiger charge is -2.28. The highest BCUT2D eigenvalue weighted by Gasteiger charge is 2.24. The number of carbonyl (C=O) groups excluding carboxylic acids is 2. The van der Waals surface area contributed by atoms with Gasteiger partial charge in [-0.3, -0.25) is 9.59 Å². The van der Waals surface area contributed by atoms with Crippen LogP contribution in [0.5, 0.6) is 0 Å². The van der Waals surface area contributed by atoms with Crippen molar-refractivity contribution in [3.63, 3.8) is 0 Å². The molecule has 1 amide bonds. The molecule has 1 aromatic rings. The topological polar surface area (TPSA) is 67.4 Å². The van der Waals surface area contributed by atoms with Crippen LogP contribution in [0.15, 0.2) is 24.3 Å². The number of methoxy groups -OCH3 is 1. The number of rotatable bonds is 5. The summed E-state index contributed by atoms with van der Waals surface area (Å²) in [7, 11) is 1.44. The van der Waals surface area contributed by atoms with Crippen molar-refractivity contribution in [2.45, 2.75) is 56.9 Å². The van der Waals surface area contributed by atoms with Crippen LogP contribution >= 0.6 is 12.4 Å². The van der Waals surface area contributed by atoms with Crippen LogP contribution in [0.3, 0.4) is 0 Å². The second kappa shape index (κ2) is 10.7. The zero-order valence-corrected chi connectivity index (χ0v) is 16.9. The number of amides is 1. The van der Waals surface area contributed by atoms with Gasteiger partial charge in [-0.2, -0.15) is 0 Å². The van der Waals surface area contributed by atoms with Crippen LogP contribution in [0.25, 0.3) is 0 Å². The molecular weight excluding hydrogens is 364 g/mol. The normalized spacial score (nSPS) is 23.1. The van der Waals surface area contributed by atoms with Crippen molar-refractivity contribution in [2.75, 3.05) is 20.2 Å². The number of esters is 1. The van der Waals surface area contributed by atoms with Gasteiger partial charge in [-0.05, 0) is 81.1 Å². The van der Waals surface area contributed by atoms with E-state index in [0.29, 0.717) is 18.3 Å². The van der Waals surface area contributed by atoms with E-state index in [1.807, 2.05) is 12.1 Å². The van der Waals surface area contributed by atoms with Gasteiger partial charge in [-0.1, -0.05) is 12.1 Å². The van der Waals surface area contributed by atoms with Gasteiger partial charge in [0.15, 0.2) is 0 Å². The van der Waals surface area contributed by atoms with Crippen LogP contribution in [-0.4, -0.2) is 38.1 Å². The first kappa shape index (κ1) is 21.7. The maximum Gasteiger partial charge on any atom is 0.305 e. The maximum absolute atomic E-state index is 12.5. The van der Waals surface area contributed by atoms with Crippen LogP contribution in [0.1, 0.15) is 66.8 Å². The minimum absolute atomic E-state index is 0. The number of piperidine rings is 1. The summed E-state index contributed by atoms with van der Waals surface area (Å²) in [5, 5.41) is 6.54. The van der Waals surface area contributed by atoms with Gasteiger partial charge in [-0.25, -0.2) is 0 Å². The molecule has 2 fully saturated rings. The van der Waals surface area contributed by atoms with Crippen molar-refractivity contribution in [2.24, 2.45) is 5.92 Å². The number of ether oxygens (including phenoxy) is 1. The summed E-state index contributed by atoms with van der Waals surface area (Å²) in [6, 6.07) is 8.34. The van der Waals surface area contributed by atoms with Gasteiger partial charge in [0.1, 0.15) is 0 Å². The average molecular weight is 395 g/mol. The zero-order chi connectivity index (χ0) is 18.4. The highest BCUT2D eigenvalue weighted by molar-refractivity contribution is 5.94. The molecule has 2 aliphatic rings. The fourth-order valence-electron chi connectivity index (χ4n) is 4.16. The molecule has 5 nitrogen and oxygen atoms in total. The summed E-state index contributed by atoms with van der Waals surface area (Å²) in [5.41, 5.74) is 2.07. The van der Waals surface area contributed by atoms with Crippen LogP contribution < -0.4 is 10.6 Å². The molecule has 1 saturated heterocycles. The molecule has 1 aliphatic heterocycles. The number of hydrogen-bond donors (Lipinski definition) is 2. The van der Waals surface area contributed by atoms with Crippen molar-refractivity contribution in [3.05, 3.63) is 35.4 Å². The van der Waals surface area contributed by atoms with E-state index in [1.54, 1.807) is 0 Å². The molecule has 6 heteroatoms. The molecule has 1 aromatic carbocycles. The fourth-order valence-corrected chi connectivity index (χ4v) is 4.16. The zero-order valence-electron chi connectivity index (χ0n) is 16.0. The molecule has 1 saturated carbocycles. The molecule has 0 unspecified atom stereocenters. The van der Waals surface area contributed by atoms with Crippen molar-refractivity contribution in [3.8, 4) is 0 Å². The lowest BCUT2D eigenvalue weighted by atomic mass is 9.84. The largest absolute Gasteiger partial charge is 0.469 e. The summed E-state index contributed by atoms with van der Waals surface area (Å²) < 4.78 is 4.74. The van der Waals surface area contributed by atoms with Gasteiger partial charge >= 0.3 is 5.97 Å². The number of hydrogen-bond acceptors (Lipinski definition) is 4. The lowest BCUT2D eigenvalue weighted by molar-refractivity contribution is -0.142. The Hall–Kier alpha value is -1.59. The van der Waals surface area contributed by atoms with Crippen molar-refractivity contribution < 1.29 is 14.3 Å². The standard InChI is InChI=1S/C21H30N2O3.ClH/c1-26-20(24)14-15-2-8-19(9-3-15)23-21(25)18-6-4-16(5-7-18)17-10-12-22-13-11-17;/h4-7,15,17,19,22H,2-3,8-14H2,1H3,(H,23,25);1H. The predicted octanol–water partition coefficient (Wildman–Crippen LogP) is 3.43. The first-order chi connectivity index (χ1) is 12.7. The van der Waals surface area contributed by atoms with Gasteiger partial charge in [-0.15, -0.1) is 12.4 Å². The Morgan fingerprint density at radius 2 is 1.67 bits per heavy atom. The quantitative estimate of drug-likeness (QED) is 0.751. The van der Waals surface area contributed by atoms with Crippen LogP contribution in [-0.2, 0) is 9.53 Å². The van der Waals surface area contributed by atoms with E-state index < -0.39 is 0 Å². The van der Waals surface area contributed by atoms with Crippen LogP contribution in [0, 0.1) is 5.92 Å². The second-order valence-corrected chi connectivity index (χ2v) is 7.62. The number of nitrogens with one attached hydrogen (secondary N) is 2. The molecule has 3 rings (SSSR count). The molecular formula is C21H31ClN2O3. The Balaban J connectivity index is 0.00000261. The monoisotopic (exact) mass is 394 g/mol. The molecule has 150 valence electrons. The first-order valence-corrected chi connectivity index (χ1v) is 9.84. The number of benzene rings is 1. The fraction of sp³-hybridized carbons (Fsp3) is 0.619. The summed E-state index contributed by atoms with van der Waals surface area (Å²) in [6.07, 6.45) is 6.63. The van der Waals surface area contributed by atoms with E-state index in [-0.39, 0.29) is 30.3 Å². The SMILES string of the molecule is COC(=O)CC1CCC(NC(=O)c2ccc(C3CCNCC3)cc2)CC1.Cl. The lowest BCUT2D eigenvalue weighted by Crippen LogP contribution is -2.38. The Kier molecular flexibility index (Phi) is 8.58. The molecule has 0 atom stereocenters.